The highest BCUT2D eigenvalue weighted by Gasteiger charge is 2.10. The Balaban J connectivity index is 2.31. The van der Waals surface area contributed by atoms with Gasteiger partial charge in [0.25, 0.3) is 0 Å². The van der Waals surface area contributed by atoms with Crippen LogP contribution in [0.1, 0.15) is 5.89 Å². The van der Waals surface area contributed by atoms with Crippen LogP contribution in [0.3, 0.4) is 0 Å². The van der Waals surface area contributed by atoms with Gasteiger partial charge in [-0.3, -0.25) is 0 Å². The van der Waals surface area contributed by atoms with Gasteiger partial charge in [-0.15, -0.1) is 21.8 Å². The van der Waals surface area contributed by atoms with Crippen LogP contribution < -0.4 is 0 Å². The second kappa shape index (κ2) is 4.93. The summed E-state index contributed by atoms with van der Waals surface area (Å²) in [6, 6.07) is 4.63. The van der Waals surface area contributed by atoms with E-state index in [4.69, 9.17) is 16.0 Å². The van der Waals surface area contributed by atoms with Gasteiger partial charge in [0.15, 0.2) is 0 Å². The Morgan fingerprint density at radius 2 is 2.19 bits per heavy atom. The van der Waals surface area contributed by atoms with E-state index in [9.17, 15) is 4.39 Å². The van der Waals surface area contributed by atoms with Gasteiger partial charge in [-0.1, -0.05) is 0 Å². The molecule has 0 spiro atoms. The van der Waals surface area contributed by atoms with E-state index < -0.39 is 0 Å². The lowest BCUT2D eigenvalue weighted by Gasteiger charge is -1.96. The summed E-state index contributed by atoms with van der Waals surface area (Å²) < 4.78 is 19.0. The van der Waals surface area contributed by atoms with E-state index in [2.05, 4.69) is 26.1 Å². The fourth-order valence-corrected chi connectivity index (χ4v) is 1.59. The van der Waals surface area contributed by atoms with E-state index in [1.807, 2.05) is 0 Å². The maximum Gasteiger partial charge on any atom is 0.247 e. The van der Waals surface area contributed by atoms with Crippen LogP contribution in [0.2, 0.25) is 0 Å². The van der Waals surface area contributed by atoms with Gasteiger partial charge in [-0.25, -0.2) is 4.39 Å². The summed E-state index contributed by atoms with van der Waals surface area (Å²) >= 11 is 8.62. The minimum atomic E-state index is -0.366. The number of benzene rings is 1. The Labute approximate surface area is 105 Å². The van der Waals surface area contributed by atoms with Crippen molar-refractivity contribution >= 4 is 27.5 Å². The van der Waals surface area contributed by atoms with Crippen LogP contribution in [0.5, 0.6) is 0 Å². The van der Waals surface area contributed by atoms with Crippen molar-refractivity contribution in [3.05, 3.63) is 34.4 Å². The molecule has 6 heteroatoms. The van der Waals surface area contributed by atoms with E-state index >= 15 is 0 Å². The summed E-state index contributed by atoms with van der Waals surface area (Å²) in [6.45, 7) is 0. The van der Waals surface area contributed by atoms with Gasteiger partial charge in [0, 0.05) is 17.9 Å². The van der Waals surface area contributed by atoms with E-state index in [1.54, 1.807) is 12.1 Å². The topological polar surface area (TPSA) is 38.9 Å². The summed E-state index contributed by atoms with van der Waals surface area (Å²) in [7, 11) is 0. The predicted molar refractivity (Wildman–Crippen MR) is 61.8 cm³/mol. The standard InChI is InChI=1S/C10H7BrClFN2O/c11-7-2-1-6(5-8(7)13)10-15-14-9(16-10)3-4-12/h1-2,5H,3-4H2. The van der Waals surface area contributed by atoms with E-state index in [1.165, 1.54) is 6.07 Å². The number of nitrogens with zero attached hydrogens (tertiary/aromatic N) is 2. The summed E-state index contributed by atoms with van der Waals surface area (Å²) in [5.74, 6) is 0.797. The van der Waals surface area contributed by atoms with Crippen LogP contribution >= 0.6 is 27.5 Å². The molecule has 0 unspecified atom stereocenters. The van der Waals surface area contributed by atoms with Gasteiger partial charge in [0.1, 0.15) is 5.82 Å². The van der Waals surface area contributed by atoms with E-state index in [0.29, 0.717) is 34.1 Å². The molecule has 3 nitrogen and oxygen atoms in total. The van der Waals surface area contributed by atoms with Crippen molar-refractivity contribution in [2.45, 2.75) is 6.42 Å². The molecule has 0 fully saturated rings. The van der Waals surface area contributed by atoms with Crippen molar-refractivity contribution < 1.29 is 8.81 Å². The molecule has 2 aromatic rings. The zero-order chi connectivity index (χ0) is 11.5. The van der Waals surface area contributed by atoms with Crippen LogP contribution in [0, 0.1) is 5.82 Å². The van der Waals surface area contributed by atoms with Crippen molar-refractivity contribution in [2.24, 2.45) is 0 Å². The number of aryl methyl sites for hydroxylation is 1. The van der Waals surface area contributed by atoms with Crippen LogP contribution in [0.25, 0.3) is 11.5 Å². The molecule has 0 amide bonds. The first kappa shape index (κ1) is 11.5. The van der Waals surface area contributed by atoms with Gasteiger partial charge >= 0.3 is 0 Å². The summed E-state index contributed by atoms with van der Waals surface area (Å²) in [4.78, 5) is 0. The summed E-state index contributed by atoms with van der Waals surface area (Å²) in [5, 5.41) is 7.62. The molecular formula is C10H7BrClFN2O. The first-order valence-electron chi connectivity index (χ1n) is 4.54. The van der Waals surface area contributed by atoms with Crippen molar-refractivity contribution in [3.63, 3.8) is 0 Å². The number of hydrogen-bond donors (Lipinski definition) is 0. The van der Waals surface area contributed by atoms with Gasteiger partial charge < -0.3 is 4.42 Å². The SMILES string of the molecule is Fc1cc(-c2nnc(CCCl)o2)ccc1Br. The lowest BCUT2D eigenvalue weighted by Crippen LogP contribution is -1.84. The first-order chi connectivity index (χ1) is 7.70. The molecule has 0 atom stereocenters. The third kappa shape index (κ3) is 2.41. The normalized spacial score (nSPS) is 10.7. The molecule has 84 valence electrons. The molecule has 0 aliphatic heterocycles. The smallest absolute Gasteiger partial charge is 0.247 e. The lowest BCUT2D eigenvalue weighted by molar-refractivity contribution is 0.513. The number of aromatic nitrogens is 2. The molecule has 0 aliphatic carbocycles. The van der Waals surface area contributed by atoms with Crippen molar-refractivity contribution in [1.29, 1.82) is 0 Å². The molecule has 0 bridgehead atoms. The average molecular weight is 306 g/mol. The quantitative estimate of drug-likeness (QED) is 0.816. The van der Waals surface area contributed by atoms with Crippen LogP contribution in [0.15, 0.2) is 27.1 Å². The molecule has 2 rings (SSSR count). The maximum absolute atomic E-state index is 13.3. The number of hydrogen-bond acceptors (Lipinski definition) is 3. The van der Waals surface area contributed by atoms with E-state index in [0.717, 1.165) is 0 Å². The Morgan fingerprint density at radius 3 is 2.88 bits per heavy atom. The third-order valence-corrected chi connectivity index (χ3v) is 2.77. The monoisotopic (exact) mass is 304 g/mol. The second-order valence-electron chi connectivity index (χ2n) is 3.07. The molecule has 1 heterocycles. The molecule has 0 radical (unpaired) electrons. The van der Waals surface area contributed by atoms with Gasteiger partial charge in [0.2, 0.25) is 11.8 Å². The van der Waals surface area contributed by atoms with Gasteiger partial charge in [-0.05, 0) is 34.1 Å². The molecule has 16 heavy (non-hydrogen) atoms. The Hall–Kier alpha value is -0.940. The van der Waals surface area contributed by atoms with Gasteiger partial charge in [-0.2, -0.15) is 0 Å². The number of halogens is 3. The number of rotatable bonds is 3. The highest BCUT2D eigenvalue weighted by Crippen LogP contribution is 2.23. The van der Waals surface area contributed by atoms with Crippen LogP contribution in [-0.4, -0.2) is 16.1 Å². The van der Waals surface area contributed by atoms with Crippen LogP contribution in [-0.2, 0) is 6.42 Å². The van der Waals surface area contributed by atoms with Crippen molar-refractivity contribution in [2.75, 3.05) is 5.88 Å². The maximum atomic E-state index is 13.3. The fourth-order valence-electron chi connectivity index (χ4n) is 1.18. The molecular weight excluding hydrogens is 298 g/mol. The highest BCUT2D eigenvalue weighted by atomic mass is 79.9. The predicted octanol–water partition coefficient (Wildman–Crippen LogP) is 3.42. The Morgan fingerprint density at radius 1 is 1.38 bits per heavy atom. The molecule has 0 aliphatic rings. The van der Waals surface area contributed by atoms with Crippen LogP contribution in [0.4, 0.5) is 4.39 Å². The number of alkyl halides is 1. The van der Waals surface area contributed by atoms with Gasteiger partial charge in [0.05, 0.1) is 4.47 Å². The minimum absolute atomic E-state index is 0.298. The summed E-state index contributed by atoms with van der Waals surface area (Å²) in [6.07, 6.45) is 0.508. The molecule has 1 aromatic carbocycles. The van der Waals surface area contributed by atoms with E-state index in [-0.39, 0.29) is 5.82 Å². The fraction of sp³-hybridized carbons (Fsp3) is 0.200. The highest BCUT2D eigenvalue weighted by molar-refractivity contribution is 9.10. The Bertz CT molecular complexity index is 503. The first-order valence-corrected chi connectivity index (χ1v) is 5.87. The van der Waals surface area contributed by atoms with Crippen molar-refractivity contribution in [1.82, 2.24) is 10.2 Å². The average Bonchev–Trinajstić information content (AvgIpc) is 2.71. The largest absolute Gasteiger partial charge is 0.421 e. The molecule has 0 N–H and O–H groups in total. The zero-order valence-electron chi connectivity index (χ0n) is 8.08. The zero-order valence-corrected chi connectivity index (χ0v) is 10.4. The molecule has 0 saturated heterocycles. The lowest BCUT2D eigenvalue weighted by atomic mass is 10.2. The Kier molecular flexibility index (Phi) is 3.56. The molecule has 0 saturated carbocycles. The molecule has 1 aromatic heterocycles. The minimum Gasteiger partial charge on any atom is -0.421 e. The second-order valence-corrected chi connectivity index (χ2v) is 4.30. The van der Waals surface area contributed by atoms with Crippen molar-refractivity contribution in [3.8, 4) is 11.5 Å². The third-order valence-electron chi connectivity index (χ3n) is 1.94. The summed E-state index contributed by atoms with van der Waals surface area (Å²) in [5.41, 5.74) is 0.550.